The highest BCUT2D eigenvalue weighted by atomic mass is 32.2. The minimum absolute atomic E-state index is 0.143. The van der Waals surface area contributed by atoms with E-state index in [0.29, 0.717) is 25.9 Å². The number of carbonyl (C=O) groups excluding carboxylic acids is 1. The molecule has 0 saturated carbocycles. The third-order valence-electron chi connectivity index (χ3n) is 5.56. The number of esters is 1. The summed E-state index contributed by atoms with van der Waals surface area (Å²) < 4.78 is 56.3. The number of nitrogens with zero attached hydrogens (tertiary/aromatic N) is 1. The Morgan fingerprint density at radius 1 is 1.21 bits per heavy atom. The normalized spacial score (nSPS) is 28.1. The molecule has 2 heterocycles. The van der Waals surface area contributed by atoms with Crippen molar-refractivity contribution in [2.75, 3.05) is 31.2 Å². The number of benzene rings is 1. The lowest BCUT2D eigenvalue weighted by Crippen LogP contribution is -2.51. The molecule has 0 N–H and O–H groups in total. The van der Waals surface area contributed by atoms with E-state index in [-0.39, 0.29) is 34.9 Å². The molecular formula is C19H27NO6S2. The van der Waals surface area contributed by atoms with E-state index in [1.807, 2.05) is 11.8 Å². The van der Waals surface area contributed by atoms with Crippen LogP contribution in [0, 0.1) is 12.8 Å². The molecule has 3 atom stereocenters. The maximum Gasteiger partial charge on any atom is 0.310 e. The van der Waals surface area contributed by atoms with Gasteiger partial charge in [0.05, 0.1) is 34.2 Å². The molecule has 0 aromatic heterocycles. The van der Waals surface area contributed by atoms with Crippen molar-refractivity contribution in [3.63, 3.8) is 0 Å². The van der Waals surface area contributed by atoms with Crippen molar-refractivity contribution in [1.29, 1.82) is 0 Å². The molecule has 28 heavy (non-hydrogen) atoms. The lowest BCUT2D eigenvalue weighted by atomic mass is 9.96. The molecular weight excluding hydrogens is 402 g/mol. The van der Waals surface area contributed by atoms with Crippen LogP contribution in [0.15, 0.2) is 29.2 Å². The van der Waals surface area contributed by atoms with Gasteiger partial charge in [0.15, 0.2) is 19.7 Å². The van der Waals surface area contributed by atoms with Crippen molar-refractivity contribution in [2.24, 2.45) is 5.92 Å². The molecule has 2 aliphatic heterocycles. The highest BCUT2D eigenvalue weighted by Gasteiger charge is 2.49. The molecule has 7 nitrogen and oxygen atoms in total. The average Bonchev–Trinajstić information content (AvgIpc) is 2.99. The number of hydrogen-bond acceptors (Lipinski definition) is 7. The van der Waals surface area contributed by atoms with E-state index in [1.54, 1.807) is 19.1 Å². The van der Waals surface area contributed by atoms with Gasteiger partial charge in [-0.25, -0.2) is 16.8 Å². The molecule has 0 aliphatic carbocycles. The number of likely N-dealkylation sites (tertiary alicyclic amines) is 1. The summed E-state index contributed by atoms with van der Waals surface area (Å²) in [6, 6.07) is 5.84. The molecule has 0 bridgehead atoms. The lowest BCUT2D eigenvalue weighted by Gasteiger charge is -2.37. The van der Waals surface area contributed by atoms with Crippen molar-refractivity contribution in [3.05, 3.63) is 29.8 Å². The maximum atomic E-state index is 13.2. The monoisotopic (exact) mass is 429 g/mol. The zero-order valence-electron chi connectivity index (χ0n) is 16.2. The molecule has 0 amide bonds. The second-order valence-corrected chi connectivity index (χ2v) is 11.9. The fourth-order valence-electron chi connectivity index (χ4n) is 4.10. The first-order chi connectivity index (χ1) is 13.1. The first-order valence-electron chi connectivity index (χ1n) is 9.55. The highest BCUT2D eigenvalue weighted by Crippen LogP contribution is 2.32. The number of carbonyl (C=O) groups is 1. The van der Waals surface area contributed by atoms with Gasteiger partial charge in [0.1, 0.15) is 0 Å². The Bertz CT molecular complexity index is 924. The predicted molar refractivity (Wildman–Crippen MR) is 106 cm³/mol. The fraction of sp³-hybridized carbons (Fsp3) is 0.632. The Hall–Kier alpha value is -1.45. The maximum absolute atomic E-state index is 13.2. The van der Waals surface area contributed by atoms with Crippen LogP contribution in [0.25, 0.3) is 0 Å². The van der Waals surface area contributed by atoms with Crippen LogP contribution in [-0.2, 0) is 29.2 Å². The third kappa shape index (κ3) is 4.41. The predicted octanol–water partition coefficient (Wildman–Crippen LogP) is 1.21. The molecule has 156 valence electrons. The zero-order chi connectivity index (χ0) is 20.5. The number of rotatable bonds is 5. The smallest absolute Gasteiger partial charge is 0.310 e. The Morgan fingerprint density at radius 3 is 2.54 bits per heavy atom. The van der Waals surface area contributed by atoms with Crippen LogP contribution in [-0.4, -0.2) is 70.2 Å². The van der Waals surface area contributed by atoms with Crippen LogP contribution in [0.4, 0.5) is 0 Å². The first kappa shape index (κ1) is 21.3. The quantitative estimate of drug-likeness (QED) is 0.649. The van der Waals surface area contributed by atoms with Crippen molar-refractivity contribution >= 4 is 25.6 Å². The SMILES string of the molecule is CCOC(=O)C1CCCN([C@H]2CS(=O)(=O)C[C@@H]2S(=O)(=O)c2ccc(C)cc2)C1. The third-order valence-corrected chi connectivity index (χ3v) is 9.70. The van der Waals surface area contributed by atoms with E-state index < -0.39 is 31.0 Å². The van der Waals surface area contributed by atoms with Gasteiger partial charge in [-0.3, -0.25) is 9.69 Å². The van der Waals surface area contributed by atoms with E-state index >= 15 is 0 Å². The summed E-state index contributed by atoms with van der Waals surface area (Å²) in [7, 11) is -7.29. The van der Waals surface area contributed by atoms with Gasteiger partial charge in [0, 0.05) is 12.6 Å². The van der Waals surface area contributed by atoms with Crippen molar-refractivity contribution < 1.29 is 26.4 Å². The Kier molecular flexibility index (Phi) is 6.17. The summed E-state index contributed by atoms with van der Waals surface area (Å²) >= 11 is 0. The number of ether oxygens (including phenoxy) is 1. The summed E-state index contributed by atoms with van der Waals surface area (Å²) in [5.41, 5.74) is 0.933. The number of sulfone groups is 2. The molecule has 1 aromatic rings. The molecule has 1 aromatic carbocycles. The van der Waals surface area contributed by atoms with Crippen molar-refractivity contribution in [2.45, 2.75) is 42.9 Å². The van der Waals surface area contributed by atoms with E-state index in [1.165, 1.54) is 12.1 Å². The molecule has 2 fully saturated rings. The number of aryl methyl sites for hydroxylation is 1. The standard InChI is InChI=1S/C19H27NO6S2/c1-3-26-19(21)15-5-4-10-20(11-15)17-12-27(22,23)13-18(17)28(24,25)16-8-6-14(2)7-9-16/h6-9,15,17-18H,3-5,10-13H2,1-2H3/t15?,17-,18-/m0/s1. The van der Waals surface area contributed by atoms with Gasteiger partial charge in [-0.05, 0) is 45.4 Å². The summed E-state index contributed by atoms with van der Waals surface area (Å²) in [6.07, 6.45) is 1.38. The van der Waals surface area contributed by atoms with Gasteiger partial charge in [0.25, 0.3) is 0 Å². The van der Waals surface area contributed by atoms with Crippen LogP contribution in [0.1, 0.15) is 25.3 Å². The molecule has 1 unspecified atom stereocenters. The Labute approximate surface area is 166 Å². The molecule has 2 aliphatic rings. The minimum Gasteiger partial charge on any atom is -0.466 e. The molecule has 3 rings (SSSR count). The summed E-state index contributed by atoms with van der Waals surface area (Å²) in [5, 5.41) is -1.03. The lowest BCUT2D eigenvalue weighted by molar-refractivity contribution is -0.150. The molecule has 9 heteroatoms. The topological polar surface area (TPSA) is 97.8 Å². The van der Waals surface area contributed by atoms with E-state index in [2.05, 4.69) is 0 Å². The fourth-order valence-corrected chi connectivity index (χ4v) is 8.93. The molecule has 0 radical (unpaired) electrons. The van der Waals surface area contributed by atoms with Gasteiger partial charge < -0.3 is 4.74 Å². The highest BCUT2D eigenvalue weighted by molar-refractivity contribution is 7.96. The van der Waals surface area contributed by atoms with E-state index in [0.717, 1.165) is 5.56 Å². The number of piperidine rings is 1. The van der Waals surface area contributed by atoms with Gasteiger partial charge in [0.2, 0.25) is 0 Å². The van der Waals surface area contributed by atoms with Gasteiger partial charge in [-0.1, -0.05) is 17.7 Å². The van der Waals surface area contributed by atoms with Gasteiger partial charge >= 0.3 is 5.97 Å². The Morgan fingerprint density at radius 2 is 1.89 bits per heavy atom. The Balaban J connectivity index is 1.88. The van der Waals surface area contributed by atoms with Crippen LogP contribution in [0.5, 0.6) is 0 Å². The van der Waals surface area contributed by atoms with Crippen LogP contribution >= 0.6 is 0 Å². The van der Waals surface area contributed by atoms with E-state index in [4.69, 9.17) is 4.74 Å². The van der Waals surface area contributed by atoms with Crippen molar-refractivity contribution in [3.8, 4) is 0 Å². The van der Waals surface area contributed by atoms with E-state index in [9.17, 15) is 21.6 Å². The van der Waals surface area contributed by atoms with Crippen LogP contribution in [0.2, 0.25) is 0 Å². The minimum atomic E-state index is -3.81. The summed E-state index contributed by atoms with van der Waals surface area (Å²) in [6.45, 7) is 4.81. The average molecular weight is 430 g/mol. The van der Waals surface area contributed by atoms with Gasteiger partial charge in [-0.2, -0.15) is 0 Å². The number of hydrogen-bond donors (Lipinski definition) is 0. The van der Waals surface area contributed by atoms with Crippen molar-refractivity contribution in [1.82, 2.24) is 4.90 Å². The summed E-state index contributed by atoms with van der Waals surface area (Å²) in [4.78, 5) is 14.1. The second-order valence-electron chi connectivity index (χ2n) is 7.63. The second kappa shape index (κ2) is 8.12. The zero-order valence-corrected chi connectivity index (χ0v) is 17.8. The van der Waals surface area contributed by atoms with Crippen LogP contribution in [0.3, 0.4) is 0 Å². The largest absolute Gasteiger partial charge is 0.466 e. The van der Waals surface area contributed by atoms with Crippen LogP contribution < -0.4 is 0 Å². The molecule has 2 saturated heterocycles. The van der Waals surface area contributed by atoms with Gasteiger partial charge in [-0.15, -0.1) is 0 Å². The first-order valence-corrected chi connectivity index (χ1v) is 12.9. The summed E-state index contributed by atoms with van der Waals surface area (Å²) in [5.74, 6) is -1.22. The molecule has 0 spiro atoms.